The topological polar surface area (TPSA) is 97.2 Å². The lowest BCUT2D eigenvalue weighted by Gasteiger charge is -2.30. The summed E-state index contributed by atoms with van der Waals surface area (Å²) in [4.78, 5) is 13.0. The van der Waals surface area contributed by atoms with Crippen LogP contribution in [0, 0.1) is 19.8 Å². The Balaban J connectivity index is 1.44. The van der Waals surface area contributed by atoms with E-state index in [1.54, 1.807) is 18.2 Å². The van der Waals surface area contributed by atoms with Crippen LogP contribution in [-0.4, -0.2) is 46.7 Å². The second-order valence-electron chi connectivity index (χ2n) is 8.93. The number of amides is 1. The van der Waals surface area contributed by atoms with Gasteiger partial charge in [-0.2, -0.15) is 4.31 Å². The van der Waals surface area contributed by atoms with Crippen LogP contribution in [0.2, 0.25) is 0 Å². The second kappa shape index (κ2) is 9.23. The van der Waals surface area contributed by atoms with Gasteiger partial charge < -0.3 is 5.32 Å². The number of carbonyl (C=O) groups excluding carboxylic acids is 1. The van der Waals surface area contributed by atoms with Crippen molar-refractivity contribution < 1.29 is 13.2 Å². The maximum atomic E-state index is 13.2. The smallest absolute Gasteiger partial charge is 0.243 e. The van der Waals surface area contributed by atoms with Crippen molar-refractivity contribution in [3.05, 3.63) is 47.5 Å². The van der Waals surface area contributed by atoms with Crippen molar-refractivity contribution in [1.29, 1.82) is 0 Å². The van der Waals surface area contributed by atoms with Crippen LogP contribution in [-0.2, 0) is 14.8 Å². The van der Waals surface area contributed by atoms with Crippen LogP contribution in [0.3, 0.4) is 0 Å². The van der Waals surface area contributed by atoms with E-state index in [0.29, 0.717) is 31.4 Å². The Labute approximate surface area is 195 Å². The van der Waals surface area contributed by atoms with Crippen LogP contribution >= 0.6 is 0 Å². The number of aryl methyl sites for hydroxylation is 2. The minimum atomic E-state index is -3.66. The second-order valence-corrected chi connectivity index (χ2v) is 10.9. The number of carbonyl (C=O) groups is 1. The van der Waals surface area contributed by atoms with Crippen LogP contribution in [0.5, 0.6) is 0 Å². The summed E-state index contributed by atoms with van der Waals surface area (Å²) >= 11 is 0. The van der Waals surface area contributed by atoms with E-state index in [1.807, 2.05) is 36.7 Å². The van der Waals surface area contributed by atoms with Crippen molar-refractivity contribution in [2.75, 3.05) is 18.4 Å². The lowest BCUT2D eigenvalue weighted by Crippen LogP contribution is -2.41. The van der Waals surface area contributed by atoms with Gasteiger partial charge in [-0.05, 0) is 69.9 Å². The summed E-state index contributed by atoms with van der Waals surface area (Å²) in [5, 5.41) is 11.4. The van der Waals surface area contributed by atoms with E-state index in [-0.39, 0.29) is 22.8 Å². The van der Waals surface area contributed by atoms with Gasteiger partial charge in [-0.1, -0.05) is 29.8 Å². The number of nitrogens with one attached hydrogen (secondary N) is 1. The standard InChI is InChI=1S/C24H31N5O3S/c1-5-18(4)29-23-9-7-20(15-22(23)26-27-29)33(31,32)28-12-10-19(11-13-28)24(30)25-21-8-6-16(2)14-17(21)3/h6-9,14-15,18-19H,5,10-13H2,1-4H3,(H,25,30). The molecular weight excluding hydrogens is 438 g/mol. The zero-order valence-electron chi connectivity index (χ0n) is 19.6. The van der Waals surface area contributed by atoms with E-state index < -0.39 is 10.0 Å². The number of aromatic nitrogens is 3. The van der Waals surface area contributed by atoms with Crippen LogP contribution in [0.4, 0.5) is 5.69 Å². The molecule has 1 fully saturated rings. The van der Waals surface area contributed by atoms with E-state index in [1.165, 1.54) is 4.31 Å². The molecule has 176 valence electrons. The highest BCUT2D eigenvalue weighted by atomic mass is 32.2. The summed E-state index contributed by atoms with van der Waals surface area (Å²) in [5.74, 6) is -0.267. The molecule has 0 spiro atoms. The molecule has 2 aromatic carbocycles. The normalized spacial score (nSPS) is 16.7. The van der Waals surface area contributed by atoms with Crippen molar-refractivity contribution in [3.8, 4) is 0 Å². The lowest BCUT2D eigenvalue weighted by molar-refractivity contribution is -0.120. The molecule has 3 aromatic rings. The van der Waals surface area contributed by atoms with Crippen LogP contribution in [0.15, 0.2) is 41.3 Å². The highest BCUT2D eigenvalue weighted by molar-refractivity contribution is 7.89. The summed E-state index contributed by atoms with van der Waals surface area (Å²) in [7, 11) is -3.66. The van der Waals surface area contributed by atoms with Gasteiger partial charge in [-0.15, -0.1) is 5.10 Å². The Morgan fingerprint density at radius 1 is 1.15 bits per heavy atom. The third kappa shape index (κ3) is 4.65. The number of hydrogen-bond acceptors (Lipinski definition) is 5. The molecular formula is C24H31N5O3S. The number of nitrogens with zero attached hydrogens (tertiary/aromatic N) is 4. The molecule has 0 radical (unpaired) electrons. The molecule has 1 atom stereocenters. The molecule has 0 aliphatic carbocycles. The zero-order valence-corrected chi connectivity index (χ0v) is 20.4. The molecule has 1 saturated heterocycles. The third-order valence-electron chi connectivity index (χ3n) is 6.55. The van der Waals surface area contributed by atoms with Gasteiger partial charge in [0.05, 0.1) is 16.5 Å². The van der Waals surface area contributed by atoms with E-state index in [4.69, 9.17) is 0 Å². The van der Waals surface area contributed by atoms with E-state index >= 15 is 0 Å². The van der Waals surface area contributed by atoms with E-state index in [2.05, 4.69) is 29.5 Å². The van der Waals surface area contributed by atoms with Crippen molar-refractivity contribution in [3.63, 3.8) is 0 Å². The number of sulfonamides is 1. The van der Waals surface area contributed by atoms with Crippen molar-refractivity contribution >= 4 is 32.7 Å². The number of rotatable bonds is 6. The van der Waals surface area contributed by atoms with E-state index in [0.717, 1.165) is 28.8 Å². The van der Waals surface area contributed by atoms with Gasteiger partial charge in [0, 0.05) is 24.7 Å². The third-order valence-corrected chi connectivity index (χ3v) is 8.45. The summed E-state index contributed by atoms with van der Waals surface area (Å²) in [6.45, 7) is 8.73. The van der Waals surface area contributed by atoms with Crippen LogP contribution < -0.4 is 5.32 Å². The predicted molar refractivity (Wildman–Crippen MR) is 129 cm³/mol. The fourth-order valence-electron chi connectivity index (χ4n) is 4.28. The molecule has 2 heterocycles. The molecule has 1 aliphatic rings. The average molecular weight is 470 g/mol. The first kappa shape index (κ1) is 23.4. The van der Waals surface area contributed by atoms with Gasteiger partial charge in [-0.3, -0.25) is 4.79 Å². The van der Waals surface area contributed by atoms with Gasteiger partial charge in [0.25, 0.3) is 0 Å². The maximum Gasteiger partial charge on any atom is 0.243 e. The molecule has 0 bridgehead atoms. The van der Waals surface area contributed by atoms with Gasteiger partial charge in [-0.25, -0.2) is 13.1 Å². The quantitative estimate of drug-likeness (QED) is 0.587. The molecule has 4 rings (SSSR count). The molecule has 9 heteroatoms. The van der Waals surface area contributed by atoms with Crippen molar-refractivity contribution in [2.24, 2.45) is 5.92 Å². The number of fused-ring (bicyclic) bond motifs is 1. The minimum absolute atomic E-state index is 0.0536. The molecule has 1 unspecified atom stereocenters. The SMILES string of the molecule is CCC(C)n1nnc2cc(S(=O)(=O)N3CCC(C(=O)Nc4ccc(C)cc4C)CC3)ccc21. The lowest BCUT2D eigenvalue weighted by atomic mass is 9.97. The first-order chi connectivity index (χ1) is 15.7. The first-order valence-corrected chi connectivity index (χ1v) is 12.9. The predicted octanol–water partition coefficient (Wildman–Crippen LogP) is 4.06. The largest absolute Gasteiger partial charge is 0.326 e. The molecule has 8 nitrogen and oxygen atoms in total. The Morgan fingerprint density at radius 2 is 1.88 bits per heavy atom. The number of anilines is 1. The van der Waals surface area contributed by atoms with Gasteiger partial charge >= 0.3 is 0 Å². The van der Waals surface area contributed by atoms with E-state index in [9.17, 15) is 13.2 Å². The number of hydrogen-bond donors (Lipinski definition) is 1. The molecule has 1 aromatic heterocycles. The number of piperidine rings is 1. The Bertz CT molecular complexity index is 1280. The van der Waals surface area contributed by atoms with Crippen molar-refractivity contribution in [1.82, 2.24) is 19.3 Å². The van der Waals surface area contributed by atoms with Gasteiger partial charge in [0.15, 0.2) is 0 Å². The molecule has 1 aliphatic heterocycles. The summed E-state index contributed by atoms with van der Waals surface area (Å²) in [5.41, 5.74) is 4.36. The summed E-state index contributed by atoms with van der Waals surface area (Å²) < 4.78 is 29.8. The molecule has 0 saturated carbocycles. The Hall–Kier alpha value is -2.78. The first-order valence-electron chi connectivity index (χ1n) is 11.4. The fourth-order valence-corrected chi connectivity index (χ4v) is 5.77. The Kier molecular flexibility index (Phi) is 6.54. The monoisotopic (exact) mass is 469 g/mol. The van der Waals surface area contributed by atoms with Gasteiger partial charge in [0.1, 0.15) is 5.52 Å². The molecule has 1 N–H and O–H groups in total. The highest BCUT2D eigenvalue weighted by Crippen LogP contribution is 2.28. The maximum absolute atomic E-state index is 13.2. The van der Waals surface area contributed by atoms with Crippen molar-refractivity contribution in [2.45, 2.75) is 57.9 Å². The molecule has 1 amide bonds. The highest BCUT2D eigenvalue weighted by Gasteiger charge is 2.32. The van der Waals surface area contributed by atoms with Crippen LogP contribution in [0.1, 0.15) is 50.3 Å². The fraction of sp³-hybridized carbons (Fsp3) is 0.458. The van der Waals surface area contributed by atoms with Gasteiger partial charge in [0.2, 0.25) is 15.9 Å². The molecule has 33 heavy (non-hydrogen) atoms. The number of benzene rings is 2. The minimum Gasteiger partial charge on any atom is -0.326 e. The zero-order chi connectivity index (χ0) is 23.8. The van der Waals surface area contributed by atoms with Crippen LogP contribution in [0.25, 0.3) is 11.0 Å². The summed E-state index contributed by atoms with van der Waals surface area (Å²) in [6.07, 6.45) is 1.88. The summed E-state index contributed by atoms with van der Waals surface area (Å²) in [6, 6.07) is 11.1. The Morgan fingerprint density at radius 3 is 2.55 bits per heavy atom. The average Bonchev–Trinajstić information content (AvgIpc) is 3.24.